The van der Waals surface area contributed by atoms with E-state index in [9.17, 15) is 13.2 Å². The highest BCUT2D eigenvalue weighted by Gasteiger charge is 2.20. The van der Waals surface area contributed by atoms with Gasteiger partial charge in [0.2, 0.25) is 5.91 Å². The van der Waals surface area contributed by atoms with Crippen LogP contribution in [0.3, 0.4) is 0 Å². The topological polar surface area (TPSA) is 103 Å². The summed E-state index contributed by atoms with van der Waals surface area (Å²) < 4.78 is 23.3. The fraction of sp³-hybridized carbons (Fsp3) is 0.222. The van der Waals surface area contributed by atoms with E-state index in [0.717, 1.165) is 0 Å². The summed E-state index contributed by atoms with van der Waals surface area (Å²) in [6, 6.07) is 4.62. The molecule has 1 aromatic carbocycles. The highest BCUT2D eigenvalue weighted by Crippen LogP contribution is 2.22. The predicted octanol–water partition coefficient (Wildman–Crippen LogP) is -0.164. The van der Waals surface area contributed by atoms with Gasteiger partial charge in [0, 0.05) is 0 Å². The van der Waals surface area contributed by atoms with Gasteiger partial charge in [-0.1, -0.05) is 12.1 Å². The Hall–Kier alpha value is -1.56. The van der Waals surface area contributed by atoms with Gasteiger partial charge in [-0.15, -0.1) is 0 Å². The minimum Gasteiger partial charge on any atom is -0.397 e. The molecule has 4 N–H and O–H groups in total. The van der Waals surface area contributed by atoms with Crippen molar-refractivity contribution in [2.75, 3.05) is 11.5 Å². The molecule has 0 aliphatic rings. The fourth-order valence-electron chi connectivity index (χ4n) is 1.19. The Bertz CT molecular complexity index is 494. The molecule has 1 amide bonds. The van der Waals surface area contributed by atoms with E-state index < -0.39 is 21.5 Å². The maximum absolute atomic E-state index is 11.6. The molecule has 6 heteroatoms. The molecule has 0 spiro atoms. The zero-order valence-corrected chi connectivity index (χ0v) is 9.04. The van der Waals surface area contributed by atoms with Crippen molar-refractivity contribution in [2.24, 2.45) is 5.73 Å². The Kier molecular flexibility index (Phi) is 2.99. The molecule has 15 heavy (non-hydrogen) atoms. The van der Waals surface area contributed by atoms with Gasteiger partial charge in [-0.3, -0.25) is 4.79 Å². The van der Waals surface area contributed by atoms with Crippen LogP contribution in [0.25, 0.3) is 0 Å². The van der Waals surface area contributed by atoms with Crippen LogP contribution in [-0.4, -0.2) is 20.1 Å². The van der Waals surface area contributed by atoms with E-state index in [1.165, 1.54) is 6.07 Å². The zero-order chi connectivity index (χ0) is 11.6. The van der Waals surface area contributed by atoms with E-state index in [-0.39, 0.29) is 10.6 Å². The van der Waals surface area contributed by atoms with E-state index in [2.05, 4.69) is 0 Å². The second-order valence-electron chi connectivity index (χ2n) is 3.21. The number of nitrogen functional groups attached to an aromatic ring is 1. The Morgan fingerprint density at radius 2 is 2.00 bits per heavy atom. The first-order valence-corrected chi connectivity index (χ1v) is 5.86. The lowest BCUT2D eigenvalue weighted by Gasteiger charge is -2.07. The number of sulfone groups is 1. The van der Waals surface area contributed by atoms with Crippen molar-refractivity contribution >= 4 is 21.4 Å². The van der Waals surface area contributed by atoms with Crippen LogP contribution in [0.2, 0.25) is 0 Å². The number of carbonyl (C=O) groups excluding carboxylic acids is 1. The normalized spacial score (nSPS) is 11.3. The Balaban J connectivity index is 3.28. The monoisotopic (exact) mass is 228 g/mol. The summed E-state index contributed by atoms with van der Waals surface area (Å²) in [6.45, 7) is 1.69. The first kappa shape index (κ1) is 11.5. The number of benzene rings is 1. The number of para-hydroxylation sites is 1. The Morgan fingerprint density at radius 1 is 1.40 bits per heavy atom. The van der Waals surface area contributed by atoms with E-state index in [0.29, 0.717) is 5.56 Å². The van der Waals surface area contributed by atoms with Crippen molar-refractivity contribution < 1.29 is 13.2 Å². The number of carbonyl (C=O) groups is 1. The molecule has 0 radical (unpaired) electrons. The fourth-order valence-corrected chi connectivity index (χ4v) is 2.50. The molecule has 0 saturated carbocycles. The van der Waals surface area contributed by atoms with Crippen molar-refractivity contribution in [1.82, 2.24) is 0 Å². The van der Waals surface area contributed by atoms with Gasteiger partial charge in [0.25, 0.3) is 0 Å². The average molecular weight is 228 g/mol. The molecule has 1 aromatic rings. The molecular weight excluding hydrogens is 216 g/mol. The molecule has 0 heterocycles. The molecule has 0 aliphatic heterocycles. The summed E-state index contributed by atoms with van der Waals surface area (Å²) in [7, 11) is -3.71. The van der Waals surface area contributed by atoms with E-state index in [4.69, 9.17) is 11.5 Å². The summed E-state index contributed by atoms with van der Waals surface area (Å²) in [5, 5.41) is 0. The SMILES string of the molecule is Cc1cccc(S(=O)(=O)CC(N)=O)c1N. The molecular formula is C9H12N2O3S. The van der Waals surface area contributed by atoms with Gasteiger partial charge in [-0.05, 0) is 18.6 Å². The van der Waals surface area contributed by atoms with Gasteiger partial charge in [-0.25, -0.2) is 8.42 Å². The molecule has 0 aliphatic carbocycles. The number of amides is 1. The van der Waals surface area contributed by atoms with E-state index in [1.54, 1.807) is 19.1 Å². The van der Waals surface area contributed by atoms with Crippen molar-refractivity contribution in [2.45, 2.75) is 11.8 Å². The number of primary amides is 1. The number of nitrogens with two attached hydrogens (primary N) is 2. The van der Waals surface area contributed by atoms with E-state index >= 15 is 0 Å². The number of hydrogen-bond donors (Lipinski definition) is 2. The van der Waals surface area contributed by atoms with Crippen molar-refractivity contribution in [3.8, 4) is 0 Å². The van der Waals surface area contributed by atoms with Crippen LogP contribution in [0.4, 0.5) is 5.69 Å². The number of anilines is 1. The summed E-state index contributed by atoms with van der Waals surface area (Å²) >= 11 is 0. The number of rotatable bonds is 3. The minimum absolute atomic E-state index is 0.0405. The second-order valence-corrected chi connectivity index (χ2v) is 5.17. The van der Waals surface area contributed by atoms with Crippen LogP contribution in [0.1, 0.15) is 5.56 Å². The van der Waals surface area contributed by atoms with Gasteiger partial charge >= 0.3 is 0 Å². The lowest BCUT2D eigenvalue weighted by Crippen LogP contribution is -2.23. The van der Waals surface area contributed by atoms with Crippen molar-refractivity contribution in [3.05, 3.63) is 23.8 Å². The molecule has 0 atom stereocenters. The Morgan fingerprint density at radius 3 is 2.53 bits per heavy atom. The minimum atomic E-state index is -3.71. The van der Waals surface area contributed by atoms with Crippen LogP contribution < -0.4 is 11.5 Å². The third kappa shape index (κ3) is 2.47. The summed E-state index contributed by atoms with van der Waals surface area (Å²) in [4.78, 5) is 10.5. The van der Waals surface area contributed by atoms with E-state index in [1.807, 2.05) is 0 Å². The number of aryl methyl sites for hydroxylation is 1. The molecule has 82 valence electrons. The third-order valence-corrected chi connectivity index (χ3v) is 3.64. The van der Waals surface area contributed by atoms with Crippen LogP contribution in [0.5, 0.6) is 0 Å². The third-order valence-electron chi connectivity index (χ3n) is 1.95. The van der Waals surface area contributed by atoms with Gasteiger partial charge in [0.05, 0.1) is 10.6 Å². The van der Waals surface area contributed by atoms with Gasteiger partial charge < -0.3 is 11.5 Å². The summed E-state index contributed by atoms with van der Waals surface area (Å²) in [5.41, 5.74) is 11.3. The lowest BCUT2D eigenvalue weighted by molar-refractivity contribution is -0.115. The standard InChI is InChI=1S/C9H12N2O3S/c1-6-3-2-4-7(9(6)11)15(13,14)5-8(10)12/h2-4H,5,11H2,1H3,(H2,10,12). The zero-order valence-electron chi connectivity index (χ0n) is 8.23. The molecule has 0 saturated heterocycles. The van der Waals surface area contributed by atoms with Gasteiger partial charge in [0.1, 0.15) is 5.75 Å². The molecule has 1 rings (SSSR count). The largest absolute Gasteiger partial charge is 0.397 e. The highest BCUT2D eigenvalue weighted by atomic mass is 32.2. The second kappa shape index (κ2) is 3.90. The molecule has 0 aromatic heterocycles. The highest BCUT2D eigenvalue weighted by molar-refractivity contribution is 7.92. The van der Waals surface area contributed by atoms with Crippen LogP contribution in [0, 0.1) is 6.92 Å². The maximum Gasteiger partial charge on any atom is 0.233 e. The summed E-state index contributed by atoms with van der Waals surface area (Å²) in [6.07, 6.45) is 0. The van der Waals surface area contributed by atoms with Crippen molar-refractivity contribution in [3.63, 3.8) is 0 Å². The molecule has 0 fully saturated rings. The van der Waals surface area contributed by atoms with Crippen LogP contribution in [-0.2, 0) is 14.6 Å². The van der Waals surface area contributed by atoms with Gasteiger partial charge in [-0.2, -0.15) is 0 Å². The lowest BCUT2D eigenvalue weighted by atomic mass is 10.2. The molecule has 5 nitrogen and oxygen atoms in total. The molecule has 0 unspecified atom stereocenters. The quantitative estimate of drug-likeness (QED) is 0.701. The smallest absolute Gasteiger partial charge is 0.233 e. The number of hydrogen-bond acceptors (Lipinski definition) is 4. The predicted molar refractivity (Wildman–Crippen MR) is 56.8 cm³/mol. The van der Waals surface area contributed by atoms with Gasteiger partial charge in [0.15, 0.2) is 9.84 Å². The summed E-state index contributed by atoms with van der Waals surface area (Å²) in [5.74, 6) is -1.61. The first-order chi connectivity index (χ1) is 6.84. The van der Waals surface area contributed by atoms with Crippen molar-refractivity contribution in [1.29, 1.82) is 0 Å². The van der Waals surface area contributed by atoms with Crippen LogP contribution in [0.15, 0.2) is 23.1 Å². The average Bonchev–Trinajstić information content (AvgIpc) is 2.07. The maximum atomic E-state index is 11.6. The Labute approximate surface area is 88.0 Å². The van der Waals surface area contributed by atoms with Crippen LogP contribution >= 0.6 is 0 Å². The first-order valence-electron chi connectivity index (χ1n) is 4.21. The molecule has 0 bridgehead atoms.